The zero-order chi connectivity index (χ0) is 12.5. The predicted octanol–water partition coefficient (Wildman–Crippen LogP) is 4.32. The van der Waals surface area contributed by atoms with Crippen LogP contribution in [0, 0.1) is 0 Å². The zero-order valence-electron chi connectivity index (χ0n) is 10.8. The highest BCUT2D eigenvalue weighted by Gasteiger charge is 2.15. The molecule has 0 saturated carbocycles. The van der Waals surface area contributed by atoms with Crippen molar-refractivity contribution in [3.8, 4) is 0 Å². The van der Waals surface area contributed by atoms with Gasteiger partial charge in [0.25, 0.3) is 0 Å². The van der Waals surface area contributed by atoms with Crippen LogP contribution in [-0.4, -0.2) is 18.1 Å². The largest absolute Gasteiger partial charge is 0.357 e. The van der Waals surface area contributed by atoms with E-state index in [1.54, 1.807) is 11.3 Å². The van der Waals surface area contributed by atoms with Gasteiger partial charge in [0.05, 0.1) is 10.2 Å². The Kier molecular flexibility index (Phi) is 3.08. The summed E-state index contributed by atoms with van der Waals surface area (Å²) in [6.07, 6.45) is 3.92. The Labute approximate surface area is 112 Å². The van der Waals surface area contributed by atoms with E-state index < -0.39 is 0 Å². The molecule has 0 unspecified atom stereocenters. The second kappa shape index (κ2) is 4.73. The first-order valence-corrected chi connectivity index (χ1v) is 7.43. The molecular weight excluding hydrogens is 240 g/mol. The number of aromatic nitrogens is 1. The number of pyridine rings is 1. The number of hydrogen-bond donors (Lipinski definition) is 0. The van der Waals surface area contributed by atoms with Crippen LogP contribution in [0.25, 0.3) is 15.8 Å². The van der Waals surface area contributed by atoms with Gasteiger partial charge in [-0.15, -0.1) is 11.3 Å². The fourth-order valence-corrected chi connectivity index (χ4v) is 3.47. The molecule has 0 bridgehead atoms. The fourth-order valence-electron chi connectivity index (χ4n) is 2.54. The Balaban J connectivity index is 2.09. The van der Waals surface area contributed by atoms with Crippen LogP contribution in [0.5, 0.6) is 0 Å². The van der Waals surface area contributed by atoms with Crippen molar-refractivity contribution in [3.63, 3.8) is 0 Å². The number of fused-ring (bicyclic) bond motifs is 1. The van der Waals surface area contributed by atoms with Crippen molar-refractivity contribution in [1.82, 2.24) is 4.98 Å². The van der Waals surface area contributed by atoms with Crippen molar-refractivity contribution in [1.29, 1.82) is 0 Å². The molecule has 3 heteroatoms. The first kappa shape index (κ1) is 11.7. The van der Waals surface area contributed by atoms with Crippen molar-refractivity contribution in [2.45, 2.75) is 26.2 Å². The summed E-state index contributed by atoms with van der Waals surface area (Å²) >= 11 is 1.76. The normalized spacial score (nSPS) is 16.2. The number of thiophene rings is 1. The van der Waals surface area contributed by atoms with Crippen LogP contribution < -0.4 is 4.90 Å². The van der Waals surface area contributed by atoms with Gasteiger partial charge in [-0.1, -0.05) is 6.58 Å². The van der Waals surface area contributed by atoms with Gasteiger partial charge < -0.3 is 4.90 Å². The third-order valence-electron chi connectivity index (χ3n) is 3.54. The van der Waals surface area contributed by atoms with Crippen LogP contribution in [-0.2, 0) is 0 Å². The lowest BCUT2D eigenvalue weighted by Gasteiger charge is -2.28. The molecule has 0 aromatic carbocycles. The first-order valence-electron chi connectivity index (χ1n) is 6.55. The van der Waals surface area contributed by atoms with E-state index >= 15 is 0 Å². The number of rotatable bonds is 2. The number of nitrogens with zero attached hydrogens (tertiary/aromatic N) is 2. The van der Waals surface area contributed by atoms with E-state index in [2.05, 4.69) is 35.9 Å². The van der Waals surface area contributed by atoms with Gasteiger partial charge >= 0.3 is 0 Å². The maximum Gasteiger partial charge on any atom is 0.129 e. The van der Waals surface area contributed by atoms with E-state index in [1.165, 1.54) is 29.5 Å². The minimum absolute atomic E-state index is 1.11. The topological polar surface area (TPSA) is 16.1 Å². The molecule has 1 aliphatic heterocycles. The van der Waals surface area contributed by atoms with Gasteiger partial charge in [-0.3, -0.25) is 0 Å². The molecule has 0 spiro atoms. The van der Waals surface area contributed by atoms with Crippen molar-refractivity contribution in [3.05, 3.63) is 29.7 Å². The molecule has 2 aromatic rings. The Morgan fingerprint density at radius 2 is 2.11 bits per heavy atom. The van der Waals surface area contributed by atoms with Crippen molar-refractivity contribution >= 4 is 32.9 Å². The smallest absolute Gasteiger partial charge is 0.129 e. The lowest BCUT2D eigenvalue weighted by molar-refractivity contribution is 0.574. The van der Waals surface area contributed by atoms with Crippen LogP contribution >= 0.6 is 11.3 Å². The molecule has 0 radical (unpaired) electrons. The van der Waals surface area contributed by atoms with E-state index in [0.29, 0.717) is 0 Å². The molecule has 0 aliphatic carbocycles. The molecule has 0 amide bonds. The van der Waals surface area contributed by atoms with E-state index in [4.69, 9.17) is 4.98 Å². The summed E-state index contributed by atoms with van der Waals surface area (Å²) in [5, 5.41) is 2.12. The predicted molar refractivity (Wildman–Crippen MR) is 80.4 cm³/mol. The lowest BCUT2D eigenvalue weighted by Crippen LogP contribution is -2.30. The average Bonchev–Trinajstić information content (AvgIpc) is 2.86. The Morgan fingerprint density at radius 3 is 2.83 bits per heavy atom. The molecule has 1 saturated heterocycles. The second-order valence-corrected chi connectivity index (χ2v) is 5.91. The van der Waals surface area contributed by atoms with Crippen LogP contribution in [0.2, 0.25) is 0 Å². The van der Waals surface area contributed by atoms with Crippen LogP contribution in [0.4, 0.5) is 5.82 Å². The molecule has 2 nitrogen and oxygen atoms in total. The molecule has 1 aliphatic rings. The number of piperidine rings is 1. The monoisotopic (exact) mass is 258 g/mol. The molecule has 0 N–H and O–H groups in total. The highest BCUT2D eigenvalue weighted by atomic mass is 32.1. The average molecular weight is 258 g/mol. The summed E-state index contributed by atoms with van der Waals surface area (Å²) in [6, 6.07) is 4.33. The second-order valence-electron chi connectivity index (χ2n) is 4.99. The van der Waals surface area contributed by atoms with E-state index in [9.17, 15) is 0 Å². The molecule has 3 rings (SSSR count). The maximum absolute atomic E-state index is 4.80. The van der Waals surface area contributed by atoms with Crippen molar-refractivity contribution < 1.29 is 0 Å². The van der Waals surface area contributed by atoms with Crippen LogP contribution in [0.15, 0.2) is 24.1 Å². The van der Waals surface area contributed by atoms with Crippen LogP contribution in [0.1, 0.15) is 31.7 Å². The van der Waals surface area contributed by atoms with E-state index in [-0.39, 0.29) is 0 Å². The standard InChI is InChI=1S/C15H18N2S/c1-11(2)12-10-14(17-7-4-3-5-8-17)16-13-6-9-18-15(12)13/h6,9-10H,1,3-5,7-8H2,2H3. The van der Waals surface area contributed by atoms with E-state index in [0.717, 1.165) is 30.0 Å². The molecule has 94 valence electrons. The summed E-state index contributed by atoms with van der Waals surface area (Å²) in [7, 11) is 0. The number of anilines is 1. The summed E-state index contributed by atoms with van der Waals surface area (Å²) in [4.78, 5) is 7.21. The third kappa shape index (κ3) is 2.03. The molecule has 2 aromatic heterocycles. The first-order chi connectivity index (χ1) is 8.75. The Morgan fingerprint density at radius 1 is 1.33 bits per heavy atom. The van der Waals surface area contributed by atoms with Crippen LogP contribution in [0.3, 0.4) is 0 Å². The van der Waals surface area contributed by atoms with Gasteiger partial charge in [0, 0.05) is 13.1 Å². The summed E-state index contributed by atoms with van der Waals surface area (Å²) in [5.41, 5.74) is 3.50. The number of hydrogen-bond acceptors (Lipinski definition) is 3. The highest BCUT2D eigenvalue weighted by molar-refractivity contribution is 7.17. The van der Waals surface area contributed by atoms with Gasteiger partial charge in [0.15, 0.2) is 0 Å². The van der Waals surface area contributed by atoms with Gasteiger partial charge in [0.2, 0.25) is 0 Å². The Bertz CT molecular complexity index is 579. The Hall–Kier alpha value is -1.35. The summed E-state index contributed by atoms with van der Waals surface area (Å²) in [6.45, 7) is 8.45. The zero-order valence-corrected chi connectivity index (χ0v) is 11.6. The molecule has 3 heterocycles. The molecule has 0 atom stereocenters. The van der Waals surface area contributed by atoms with Gasteiger partial charge in [-0.2, -0.15) is 0 Å². The number of allylic oxidation sites excluding steroid dienone is 1. The lowest BCUT2D eigenvalue weighted by atomic mass is 10.1. The molecular formula is C15H18N2S. The van der Waals surface area contributed by atoms with Gasteiger partial charge in [-0.05, 0) is 54.8 Å². The SMILES string of the molecule is C=C(C)c1cc(N2CCCCC2)nc2ccsc12. The van der Waals surface area contributed by atoms with Gasteiger partial charge in [0.1, 0.15) is 5.82 Å². The maximum atomic E-state index is 4.80. The van der Waals surface area contributed by atoms with E-state index in [1.807, 2.05) is 0 Å². The van der Waals surface area contributed by atoms with Crippen molar-refractivity contribution in [2.75, 3.05) is 18.0 Å². The quantitative estimate of drug-likeness (QED) is 0.797. The molecule has 1 fully saturated rings. The minimum atomic E-state index is 1.11. The fraction of sp³-hybridized carbons (Fsp3) is 0.400. The molecule has 18 heavy (non-hydrogen) atoms. The highest BCUT2D eigenvalue weighted by Crippen LogP contribution is 2.31. The summed E-state index contributed by atoms with van der Waals surface area (Å²) in [5.74, 6) is 1.12. The van der Waals surface area contributed by atoms with Gasteiger partial charge in [-0.25, -0.2) is 4.98 Å². The third-order valence-corrected chi connectivity index (χ3v) is 4.47. The minimum Gasteiger partial charge on any atom is -0.357 e. The van der Waals surface area contributed by atoms with Crippen molar-refractivity contribution in [2.24, 2.45) is 0 Å². The summed E-state index contributed by atoms with van der Waals surface area (Å²) < 4.78 is 1.27.